The summed E-state index contributed by atoms with van der Waals surface area (Å²) in [5.41, 5.74) is 0. The maximum Gasteiger partial charge on any atom is 0.242 e. The molecule has 1 rings (SSSR count). The summed E-state index contributed by atoms with van der Waals surface area (Å²) in [4.78, 5) is -0.0248. The number of ether oxygens (including phenoxy) is 1. The van der Waals surface area contributed by atoms with Gasteiger partial charge >= 0.3 is 0 Å². The van der Waals surface area contributed by atoms with Gasteiger partial charge in [0.05, 0.1) is 11.6 Å². The van der Waals surface area contributed by atoms with E-state index in [1.165, 1.54) is 18.2 Å². The first-order valence-electron chi connectivity index (χ1n) is 5.00. The van der Waals surface area contributed by atoms with Crippen molar-refractivity contribution in [2.24, 2.45) is 0 Å². The Balaban J connectivity index is 2.79. The van der Waals surface area contributed by atoms with Crippen molar-refractivity contribution in [3.05, 3.63) is 28.2 Å². The molecule has 0 spiro atoms. The molecule has 0 radical (unpaired) electrons. The zero-order valence-electron chi connectivity index (χ0n) is 9.24. The standard InChI is InChI=1S/C10H13Cl2NO3S/c1-2-16-6-5-13-17(14,15)10-7-8(11)3-4-9(10)12/h3-4,7,13H,2,5-6H2,1H3. The molecule has 17 heavy (non-hydrogen) atoms. The van der Waals surface area contributed by atoms with Gasteiger partial charge in [-0.15, -0.1) is 0 Å². The molecule has 0 aliphatic carbocycles. The van der Waals surface area contributed by atoms with Gasteiger partial charge in [-0.3, -0.25) is 0 Å². The van der Waals surface area contributed by atoms with Crippen molar-refractivity contribution in [3.63, 3.8) is 0 Å². The Morgan fingerprint density at radius 1 is 1.35 bits per heavy atom. The Bertz CT molecular complexity index is 476. The van der Waals surface area contributed by atoms with Crippen LogP contribution in [0.4, 0.5) is 0 Å². The second-order valence-corrected chi connectivity index (χ2v) is 5.75. The predicted octanol–water partition coefficient (Wildman–Crippen LogP) is 2.31. The van der Waals surface area contributed by atoms with Crippen LogP contribution < -0.4 is 4.72 Å². The lowest BCUT2D eigenvalue weighted by atomic mass is 10.4. The molecule has 0 bridgehead atoms. The first-order chi connectivity index (χ1) is 7.97. The van der Waals surface area contributed by atoms with E-state index in [1.54, 1.807) is 0 Å². The summed E-state index contributed by atoms with van der Waals surface area (Å²) in [6.45, 7) is 2.88. The number of rotatable bonds is 6. The summed E-state index contributed by atoms with van der Waals surface area (Å²) in [6.07, 6.45) is 0. The lowest BCUT2D eigenvalue weighted by molar-refractivity contribution is 0.153. The minimum atomic E-state index is -3.64. The predicted molar refractivity (Wildman–Crippen MR) is 68.1 cm³/mol. The molecular formula is C10H13Cl2NO3S. The molecular weight excluding hydrogens is 285 g/mol. The average molecular weight is 298 g/mol. The van der Waals surface area contributed by atoms with Gasteiger partial charge < -0.3 is 4.74 Å². The van der Waals surface area contributed by atoms with E-state index in [9.17, 15) is 8.42 Å². The van der Waals surface area contributed by atoms with Crippen LogP contribution in [0.1, 0.15) is 6.92 Å². The van der Waals surface area contributed by atoms with Crippen molar-refractivity contribution in [3.8, 4) is 0 Å². The van der Waals surface area contributed by atoms with E-state index >= 15 is 0 Å². The SMILES string of the molecule is CCOCCNS(=O)(=O)c1cc(Cl)ccc1Cl. The topological polar surface area (TPSA) is 55.4 Å². The average Bonchev–Trinajstić information content (AvgIpc) is 2.28. The van der Waals surface area contributed by atoms with E-state index in [1.807, 2.05) is 6.92 Å². The Hall–Kier alpha value is -0.330. The van der Waals surface area contributed by atoms with Crippen LogP contribution in [0.2, 0.25) is 10.0 Å². The fourth-order valence-electron chi connectivity index (χ4n) is 1.15. The van der Waals surface area contributed by atoms with Crippen LogP contribution in [0, 0.1) is 0 Å². The third-order valence-corrected chi connectivity index (χ3v) is 4.10. The van der Waals surface area contributed by atoms with Crippen LogP contribution in [0.5, 0.6) is 0 Å². The van der Waals surface area contributed by atoms with Gasteiger partial charge in [0.1, 0.15) is 4.90 Å². The van der Waals surface area contributed by atoms with Crippen molar-refractivity contribution in [1.29, 1.82) is 0 Å². The van der Waals surface area contributed by atoms with Crippen molar-refractivity contribution < 1.29 is 13.2 Å². The second kappa shape index (κ2) is 6.56. The number of halogens is 2. The Morgan fingerprint density at radius 2 is 2.06 bits per heavy atom. The van der Waals surface area contributed by atoms with Crippen molar-refractivity contribution in [2.45, 2.75) is 11.8 Å². The van der Waals surface area contributed by atoms with E-state index in [2.05, 4.69) is 4.72 Å². The monoisotopic (exact) mass is 297 g/mol. The highest BCUT2D eigenvalue weighted by molar-refractivity contribution is 7.89. The molecule has 1 aromatic carbocycles. The molecule has 0 fully saturated rings. The molecule has 0 aliphatic heterocycles. The Morgan fingerprint density at radius 3 is 2.71 bits per heavy atom. The van der Waals surface area contributed by atoms with Crippen molar-refractivity contribution in [1.82, 2.24) is 4.72 Å². The van der Waals surface area contributed by atoms with E-state index in [0.717, 1.165) is 0 Å². The van der Waals surface area contributed by atoms with Crippen LogP contribution in [-0.2, 0) is 14.8 Å². The molecule has 4 nitrogen and oxygen atoms in total. The van der Waals surface area contributed by atoms with E-state index in [0.29, 0.717) is 18.2 Å². The molecule has 0 unspecified atom stereocenters. The maximum absolute atomic E-state index is 11.9. The largest absolute Gasteiger partial charge is 0.380 e. The summed E-state index contributed by atoms with van der Waals surface area (Å²) in [7, 11) is -3.64. The van der Waals surface area contributed by atoms with Crippen molar-refractivity contribution in [2.75, 3.05) is 19.8 Å². The van der Waals surface area contributed by atoms with Gasteiger partial charge in [-0.1, -0.05) is 23.2 Å². The number of nitrogens with one attached hydrogen (secondary N) is 1. The molecule has 0 heterocycles. The zero-order valence-corrected chi connectivity index (χ0v) is 11.6. The van der Waals surface area contributed by atoms with Crippen LogP contribution >= 0.6 is 23.2 Å². The molecule has 96 valence electrons. The fraction of sp³-hybridized carbons (Fsp3) is 0.400. The normalized spacial score (nSPS) is 11.7. The molecule has 1 aromatic rings. The van der Waals surface area contributed by atoms with Crippen molar-refractivity contribution >= 4 is 33.2 Å². The smallest absolute Gasteiger partial charge is 0.242 e. The summed E-state index contributed by atoms with van der Waals surface area (Å²) < 4.78 is 31.1. The van der Waals surface area contributed by atoms with Gasteiger partial charge in [0.2, 0.25) is 10.0 Å². The molecule has 0 amide bonds. The Kier molecular flexibility index (Phi) is 5.69. The van der Waals surface area contributed by atoms with E-state index in [-0.39, 0.29) is 16.5 Å². The molecule has 1 N–H and O–H groups in total. The lowest BCUT2D eigenvalue weighted by Gasteiger charge is -2.08. The molecule has 0 saturated heterocycles. The second-order valence-electron chi connectivity index (χ2n) is 3.17. The van der Waals surface area contributed by atoms with Crippen LogP contribution in [-0.4, -0.2) is 28.2 Å². The molecule has 0 saturated carbocycles. The Labute approximate surface area is 111 Å². The first-order valence-corrected chi connectivity index (χ1v) is 7.23. The van der Waals surface area contributed by atoms with Crippen LogP contribution in [0.15, 0.2) is 23.1 Å². The number of benzene rings is 1. The van der Waals surface area contributed by atoms with Crippen LogP contribution in [0.3, 0.4) is 0 Å². The molecule has 0 aliphatic rings. The number of hydrogen-bond donors (Lipinski definition) is 1. The van der Waals surface area contributed by atoms with E-state index in [4.69, 9.17) is 27.9 Å². The van der Waals surface area contributed by atoms with Gasteiger partial charge in [-0.05, 0) is 25.1 Å². The van der Waals surface area contributed by atoms with E-state index < -0.39 is 10.0 Å². The molecule has 0 atom stereocenters. The summed E-state index contributed by atoms with van der Waals surface area (Å²) in [5.74, 6) is 0. The number of hydrogen-bond acceptors (Lipinski definition) is 3. The summed E-state index contributed by atoms with van der Waals surface area (Å²) >= 11 is 11.5. The molecule has 0 aromatic heterocycles. The van der Waals surface area contributed by atoms with Gasteiger partial charge in [0.25, 0.3) is 0 Å². The third-order valence-electron chi connectivity index (χ3n) is 1.93. The lowest BCUT2D eigenvalue weighted by Crippen LogP contribution is -2.27. The number of sulfonamides is 1. The highest BCUT2D eigenvalue weighted by Crippen LogP contribution is 2.24. The highest BCUT2D eigenvalue weighted by atomic mass is 35.5. The fourth-order valence-corrected chi connectivity index (χ4v) is 2.93. The maximum atomic E-state index is 11.9. The third kappa shape index (κ3) is 4.44. The minimum absolute atomic E-state index is 0.0248. The van der Waals surface area contributed by atoms with Crippen LogP contribution in [0.25, 0.3) is 0 Å². The zero-order chi connectivity index (χ0) is 12.9. The van der Waals surface area contributed by atoms with Gasteiger partial charge in [0, 0.05) is 18.2 Å². The van der Waals surface area contributed by atoms with Gasteiger partial charge in [0.15, 0.2) is 0 Å². The quantitative estimate of drug-likeness (QED) is 0.820. The summed E-state index contributed by atoms with van der Waals surface area (Å²) in [6, 6.07) is 4.29. The van der Waals surface area contributed by atoms with Gasteiger partial charge in [-0.2, -0.15) is 0 Å². The summed E-state index contributed by atoms with van der Waals surface area (Å²) in [5, 5.41) is 0.456. The minimum Gasteiger partial charge on any atom is -0.380 e. The highest BCUT2D eigenvalue weighted by Gasteiger charge is 2.17. The first kappa shape index (κ1) is 14.7. The molecule has 7 heteroatoms. The van der Waals surface area contributed by atoms with Gasteiger partial charge in [-0.25, -0.2) is 13.1 Å².